The summed E-state index contributed by atoms with van der Waals surface area (Å²) in [6.07, 6.45) is 4.64. The molecule has 0 atom stereocenters. The second-order valence-electron chi connectivity index (χ2n) is 6.35. The number of carbonyl (C=O) groups is 2. The van der Waals surface area contributed by atoms with Crippen LogP contribution in [-0.2, 0) is 16.0 Å². The van der Waals surface area contributed by atoms with Crippen molar-refractivity contribution in [2.24, 2.45) is 0 Å². The molecular weight excluding hydrogens is 359 g/mol. The maximum Gasteiger partial charge on any atom is 0.307 e. The highest BCUT2D eigenvalue weighted by atomic mass is 19.1. The maximum absolute atomic E-state index is 14.2. The quantitative estimate of drug-likeness (QED) is 0.354. The van der Waals surface area contributed by atoms with Gasteiger partial charge in [-0.25, -0.2) is 4.39 Å². The molecular formula is C23H27FO4. The smallest absolute Gasteiger partial charge is 0.307 e. The highest BCUT2D eigenvalue weighted by molar-refractivity contribution is 5.82. The Hall–Kier alpha value is -2.95. The van der Waals surface area contributed by atoms with Gasteiger partial charge in [0.05, 0.1) is 13.5 Å². The summed E-state index contributed by atoms with van der Waals surface area (Å²) in [5, 5.41) is 8.00. The second-order valence-corrected chi connectivity index (χ2v) is 6.35. The van der Waals surface area contributed by atoms with Gasteiger partial charge in [-0.3, -0.25) is 9.59 Å². The average molecular weight is 386 g/mol. The fraction of sp³-hybridized carbons (Fsp3) is 0.304. The molecule has 2 aromatic carbocycles. The highest BCUT2D eigenvalue weighted by Gasteiger charge is 2.06. The van der Waals surface area contributed by atoms with Crippen molar-refractivity contribution >= 4 is 12.3 Å². The Morgan fingerprint density at radius 2 is 1.86 bits per heavy atom. The summed E-state index contributed by atoms with van der Waals surface area (Å²) in [6, 6.07) is 13.0. The zero-order chi connectivity index (χ0) is 20.9. The molecule has 4 nitrogen and oxygen atoms in total. The van der Waals surface area contributed by atoms with Crippen LogP contribution in [0, 0.1) is 5.82 Å². The summed E-state index contributed by atoms with van der Waals surface area (Å²) in [5.74, 6) is -0.392. The number of unbranched alkanes of at least 4 members (excludes halogenated alkanes) is 2. The molecule has 0 fully saturated rings. The van der Waals surface area contributed by atoms with E-state index < -0.39 is 5.97 Å². The molecule has 0 aliphatic heterocycles. The third-order valence-corrected chi connectivity index (χ3v) is 4.05. The molecule has 0 aliphatic carbocycles. The van der Waals surface area contributed by atoms with Crippen LogP contribution in [0.1, 0.15) is 38.2 Å². The Bertz CT molecular complexity index is 782. The minimum atomic E-state index is -1.03. The van der Waals surface area contributed by atoms with Gasteiger partial charge in [0.15, 0.2) is 0 Å². The molecule has 1 N–H and O–H groups in total. The third-order valence-electron chi connectivity index (χ3n) is 4.05. The number of aldehydes is 1. The van der Waals surface area contributed by atoms with Crippen LogP contribution in [0.15, 0.2) is 54.6 Å². The number of aliphatic carboxylic acids is 1. The van der Waals surface area contributed by atoms with Gasteiger partial charge in [-0.05, 0) is 47.7 Å². The molecule has 5 heteroatoms. The number of halogens is 1. The van der Waals surface area contributed by atoms with E-state index in [0.717, 1.165) is 29.7 Å². The molecule has 2 aromatic rings. The Morgan fingerprint density at radius 1 is 1.18 bits per heavy atom. The van der Waals surface area contributed by atoms with Crippen LogP contribution in [0.5, 0.6) is 5.75 Å². The summed E-state index contributed by atoms with van der Waals surface area (Å²) in [6.45, 7) is 5.34. The van der Waals surface area contributed by atoms with E-state index in [0.29, 0.717) is 11.8 Å². The second kappa shape index (κ2) is 12.4. The van der Waals surface area contributed by atoms with Gasteiger partial charge in [-0.15, -0.1) is 0 Å². The number of hydrogen-bond donors (Lipinski definition) is 1. The molecule has 28 heavy (non-hydrogen) atoms. The summed E-state index contributed by atoms with van der Waals surface area (Å²) < 4.78 is 19.3. The van der Waals surface area contributed by atoms with Gasteiger partial charge in [-0.1, -0.05) is 50.6 Å². The molecule has 0 bridgehead atoms. The fourth-order valence-corrected chi connectivity index (χ4v) is 2.53. The van der Waals surface area contributed by atoms with Crippen molar-refractivity contribution in [3.8, 4) is 16.9 Å². The van der Waals surface area contributed by atoms with E-state index in [-0.39, 0.29) is 17.8 Å². The number of aryl methyl sites for hydroxylation is 1. The van der Waals surface area contributed by atoms with E-state index in [2.05, 4.69) is 13.5 Å². The van der Waals surface area contributed by atoms with Crippen molar-refractivity contribution in [1.29, 1.82) is 0 Å². The number of benzene rings is 2. The lowest BCUT2D eigenvalue weighted by molar-refractivity contribution is -0.136. The lowest BCUT2D eigenvalue weighted by Crippen LogP contribution is -1.96. The minimum absolute atomic E-state index is 0.0949. The van der Waals surface area contributed by atoms with Gasteiger partial charge in [0.25, 0.3) is 0 Å². The van der Waals surface area contributed by atoms with Gasteiger partial charge in [0.1, 0.15) is 17.9 Å². The normalized spacial score (nSPS) is 9.82. The largest absolute Gasteiger partial charge is 0.497 e. The van der Waals surface area contributed by atoms with Gasteiger partial charge in [-0.2, -0.15) is 0 Å². The zero-order valence-electron chi connectivity index (χ0n) is 16.4. The number of carbonyl (C=O) groups excluding carboxylic acids is 1. The topological polar surface area (TPSA) is 63.6 Å². The van der Waals surface area contributed by atoms with E-state index in [4.69, 9.17) is 9.84 Å². The van der Waals surface area contributed by atoms with Crippen LogP contribution in [0.25, 0.3) is 11.1 Å². The van der Waals surface area contributed by atoms with Crippen molar-refractivity contribution < 1.29 is 23.8 Å². The number of carboxylic acids is 1. The Labute approximate surface area is 165 Å². The molecule has 0 saturated heterocycles. The summed E-state index contributed by atoms with van der Waals surface area (Å²) in [4.78, 5) is 19.4. The molecule has 0 saturated carbocycles. The Morgan fingerprint density at radius 3 is 2.32 bits per heavy atom. The Balaban J connectivity index is 0.000000416. The molecule has 0 aliphatic rings. The fourth-order valence-electron chi connectivity index (χ4n) is 2.53. The van der Waals surface area contributed by atoms with E-state index in [1.165, 1.54) is 12.8 Å². The number of methoxy groups -OCH3 is 1. The predicted octanol–water partition coefficient (Wildman–Crippen LogP) is 5.45. The van der Waals surface area contributed by atoms with E-state index >= 15 is 0 Å². The van der Waals surface area contributed by atoms with E-state index in [1.807, 2.05) is 36.4 Å². The van der Waals surface area contributed by atoms with Crippen LogP contribution < -0.4 is 4.74 Å². The molecule has 150 valence electrons. The van der Waals surface area contributed by atoms with Gasteiger partial charge < -0.3 is 9.84 Å². The molecule has 2 rings (SSSR count). The van der Waals surface area contributed by atoms with Crippen LogP contribution in [0.2, 0.25) is 0 Å². The molecule has 0 heterocycles. The van der Waals surface area contributed by atoms with Crippen LogP contribution in [-0.4, -0.2) is 24.5 Å². The van der Waals surface area contributed by atoms with Gasteiger partial charge >= 0.3 is 5.97 Å². The molecule has 0 amide bonds. The standard InChI is InChI=1S/C18H21FO.C5H6O3/c1-3-4-5-6-14-7-12-17(18(19)13-14)15-8-10-16(20-2)11-9-15;1-4(3-6)2-5(7)8/h7-13H,3-6H2,1-2H3;3H,1-2H2,(H,7,8). The summed E-state index contributed by atoms with van der Waals surface area (Å²) in [7, 11) is 1.63. The summed E-state index contributed by atoms with van der Waals surface area (Å²) in [5.41, 5.74) is 2.70. The predicted molar refractivity (Wildman–Crippen MR) is 109 cm³/mol. The monoisotopic (exact) mass is 386 g/mol. The van der Waals surface area contributed by atoms with Crippen LogP contribution >= 0.6 is 0 Å². The molecule has 0 unspecified atom stereocenters. The zero-order valence-corrected chi connectivity index (χ0v) is 16.4. The third kappa shape index (κ3) is 8.16. The Kier molecular flexibility index (Phi) is 10.3. The first-order chi connectivity index (χ1) is 13.4. The van der Waals surface area contributed by atoms with Crippen molar-refractivity contribution in [1.82, 2.24) is 0 Å². The lowest BCUT2D eigenvalue weighted by Gasteiger charge is -2.07. The molecule has 0 radical (unpaired) electrons. The van der Waals surface area contributed by atoms with E-state index in [9.17, 15) is 14.0 Å². The van der Waals surface area contributed by atoms with Gasteiger partial charge in [0, 0.05) is 5.56 Å². The van der Waals surface area contributed by atoms with Gasteiger partial charge in [0.2, 0.25) is 0 Å². The molecule has 0 spiro atoms. The molecule has 0 aromatic heterocycles. The van der Waals surface area contributed by atoms with Crippen LogP contribution in [0.4, 0.5) is 4.39 Å². The first kappa shape index (κ1) is 23.1. The van der Waals surface area contributed by atoms with Crippen LogP contribution in [0.3, 0.4) is 0 Å². The van der Waals surface area contributed by atoms with Crippen molar-refractivity contribution in [3.63, 3.8) is 0 Å². The first-order valence-corrected chi connectivity index (χ1v) is 9.18. The van der Waals surface area contributed by atoms with Crippen molar-refractivity contribution in [3.05, 3.63) is 66.0 Å². The number of rotatable bonds is 9. The van der Waals surface area contributed by atoms with Crippen molar-refractivity contribution in [2.45, 2.75) is 39.0 Å². The first-order valence-electron chi connectivity index (χ1n) is 9.18. The average Bonchev–Trinajstić information content (AvgIpc) is 2.68. The number of hydrogen-bond acceptors (Lipinski definition) is 3. The number of carboxylic acid groups (broad SMARTS) is 1. The minimum Gasteiger partial charge on any atom is -0.497 e. The maximum atomic E-state index is 14.2. The SMILES string of the molecule is C=C(C=O)CC(=O)O.CCCCCc1ccc(-c2ccc(OC)cc2)c(F)c1. The van der Waals surface area contributed by atoms with Crippen molar-refractivity contribution in [2.75, 3.05) is 7.11 Å². The lowest BCUT2D eigenvalue weighted by atomic mass is 10.0. The number of ether oxygens (including phenoxy) is 1. The highest BCUT2D eigenvalue weighted by Crippen LogP contribution is 2.26. The summed E-state index contributed by atoms with van der Waals surface area (Å²) >= 11 is 0. The van der Waals surface area contributed by atoms with E-state index in [1.54, 1.807) is 13.2 Å².